The second kappa shape index (κ2) is 9.50. The average Bonchev–Trinajstić information content (AvgIpc) is 2.74. The van der Waals surface area contributed by atoms with Crippen LogP contribution in [0.25, 0.3) is 0 Å². The van der Waals surface area contributed by atoms with Crippen molar-refractivity contribution < 1.29 is 20.1 Å². The van der Waals surface area contributed by atoms with Gasteiger partial charge in [0, 0.05) is 0 Å². The molecule has 1 saturated heterocycles. The summed E-state index contributed by atoms with van der Waals surface area (Å²) in [7, 11) is 0. The molecule has 20 heavy (non-hydrogen) atoms. The molecule has 0 amide bonds. The highest BCUT2D eigenvalue weighted by molar-refractivity contribution is 4.92. The van der Waals surface area contributed by atoms with Gasteiger partial charge in [-0.25, -0.2) is 0 Å². The second-order valence-corrected chi connectivity index (χ2v) is 5.91. The zero-order valence-electron chi connectivity index (χ0n) is 12.6. The Morgan fingerprint density at radius 1 is 1.10 bits per heavy atom. The van der Waals surface area contributed by atoms with Gasteiger partial charge in [-0.05, 0) is 25.2 Å². The number of ether oxygens (including phenoxy) is 1. The van der Waals surface area contributed by atoms with Gasteiger partial charge in [0.05, 0.1) is 12.7 Å². The molecule has 118 valence electrons. The molecule has 4 heteroatoms. The minimum absolute atomic E-state index is 0.198. The van der Waals surface area contributed by atoms with Gasteiger partial charge in [0.25, 0.3) is 0 Å². The third kappa shape index (κ3) is 5.17. The summed E-state index contributed by atoms with van der Waals surface area (Å²) in [4.78, 5) is 0. The first-order valence-electron chi connectivity index (χ1n) is 7.85. The number of hydrogen-bond donors (Lipinski definition) is 3. The highest BCUT2D eigenvalue weighted by atomic mass is 16.6. The second-order valence-electron chi connectivity index (χ2n) is 5.91. The van der Waals surface area contributed by atoms with E-state index in [-0.39, 0.29) is 18.6 Å². The number of rotatable bonds is 10. The van der Waals surface area contributed by atoms with Crippen LogP contribution in [0.15, 0.2) is 12.7 Å². The van der Waals surface area contributed by atoms with Crippen LogP contribution in [0, 0.1) is 5.92 Å². The van der Waals surface area contributed by atoms with Gasteiger partial charge < -0.3 is 20.1 Å². The number of unbranched alkanes of at least 4 members (excludes halogenated alkanes) is 5. The molecule has 1 aliphatic rings. The molecule has 0 spiro atoms. The zero-order chi connectivity index (χ0) is 15.0. The molecule has 1 unspecified atom stereocenters. The summed E-state index contributed by atoms with van der Waals surface area (Å²) in [6.07, 6.45) is 7.19. The van der Waals surface area contributed by atoms with Crippen molar-refractivity contribution >= 4 is 0 Å². The molecular weight excluding hydrogens is 256 g/mol. The molecule has 1 fully saturated rings. The fraction of sp³-hybridized carbons (Fsp3) is 0.875. The highest BCUT2D eigenvalue weighted by Gasteiger charge is 2.44. The van der Waals surface area contributed by atoms with Crippen LogP contribution in [0.4, 0.5) is 0 Å². The Morgan fingerprint density at radius 2 is 1.75 bits per heavy atom. The van der Waals surface area contributed by atoms with Crippen molar-refractivity contribution in [1.82, 2.24) is 0 Å². The van der Waals surface area contributed by atoms with Crippen molar-refractivity contribution in [3.8, 4) is 0 Å². The summed E-state index contributed by atoms with van der Waals surface area (Å²) in [6.45, 7) is 5.51. The number of allylic oxidation sites excluding steroid dienone is 1. The lowest BCUT2D eigenvalue weighted by Gasteiger charge is -2.22. The van der Waals surface area contributed by atoms with Gasteiger partial charge in [-0.3, -0.25) is 0 Å². The van der Waals surface area contributed by atoms with Crippen LogP contribution < -0.4 is 0 Å². The van der Waals surface area contributed by atoms with Crippen molar-refractivity contribution in [1.29, 1.82) is 0 Å². The van der Waals surface area contributed by atoms with E-state index in [1.165, 1.54) is 25.7 Å². The van der Waals surface area contributed by atoms with Crippen LogP contribution in [0.1, 0.15) is 51.9 Å². The molecule has 1 heterocycles. The van der Waals surface area contributed by atoms with E-state index in [2.05, 4.69) is 6.58 Å². The zero-order valence-corrected chi connectivity index (χ0v) is 12.6. The van der Waals surface area contributed by atoms with Gasteiger partial charge in [0.2, 0.25) is 0 Å². The number of aliphatic hydroxyl groups is 3. The van der Waals surface area contributed by atoms with Crippen molar-refractivity contribution in [3.05, 3.63) is 12.7 Å². The summed E-state index contributed by atoms with van der Waals surface area (Å²) < 4.78 is 5.55. The molecule has 0 aliphatic carbocycles. The van der Waals surface area contributed by atoms with E-state index in [1.807, 2.05) is 13.0 Å². The van der Waals surface area contributed by atoms with Crippen LogP contribution in [-0.4, -0.2) is 46.3 Å². The standard InChI is InChI=1S/C16H30O4/c1-3-4-5-6-7-8-9-10-12(2)16-15(19)14(18)13(11-17)20-16/h3,12-19H,1,4-11H2,2H3/t12?,13-,14-,15+,16+/m1/s1. The Balaban J connectivity index is 2.16. The number of hydrogen-bond acceptors (Lipinski definition) is 4. The molecule has 3 N–H and O–H groups in total. The largest absolute Gasteiger partial charge is 0.394 e. The first-order chi connectivity index (χ1) is 9.61. The van der Waals surface area contributed by atoms with Crippen molar-refractivity contribution in [2.75, 3.05) is 6.61 Å². The maximum atomic E-state index is 9.93. The van der Waals surface area contributed by atoms with Gasteiger partial charge in [-0.1, -0.05) is 38.7 Å². The lowest BCUT2D eigenvalue weighted by Crippen LogP contribution is -2.35. The Morgan fingerprint density at radius 3 is 2.35 bits per heavy atom. The molecule has 0 aromatic rings. The van der Waals surface area contributed by atoms with Gasteiger partial charge in [0.1, 0.15) is 18.3 Å². The fourth-order valence-corrected chi connectivity index (χ4v) is 2.85. The highest BCUT2D eigenvalue weighted by Crippen LogP contribution is 2.29. The van der Waals surface area contributed by atoms with E-state index >= 15 is 0 Å². The van der Waals surface area contributed by atoms with Crippen LogP contribution in [0.2, 0.25) is 0 Å². The van der Waals surface area contributed by atoms with Gasteiger partial charge >= 0.3 is 0 Å². The molecule has 0 bridgehead atoms. The molecule has 4 nitrogen and oxygen atoms in total. The monoisotopic (exact) mass is 286 g/mol. The maximum absolute atomic E-state index is 9.93. The Hall–Kier alpha value is -0.420. The first kappa shape index (κ1) is 17.6. The van der Waals surface area contributed by atoms with Crippen LogP contribution >= 0.6 is 0 Å². The summed E-state index contributed by atoms with van der Waals surface area (Å²) in [6, 6.07) is 0. The SMILES string of the molecule is C=CCCCCCCCC(C)[C@@H]1O[C@H](CO)[C@@H](O)[C@@H]1O. The molecule has 5 atom stereocenters. The Labute approximate surface area is 122 Å². The molecule has 0 radical (unpaired) electrons. The Bertz CT molecular complexity index is 269. The topological polar surface area (TPSA) is 69.9 Å². The van der Waals surface area contributed by atoms with Crippen molar-refractivity contribution in [2.45, 2.75) is 76.3 Å². The predicted molar refractivity (Wildman–Crippen MR) is 79.4 cm³/mol. The van der Waals surface area contributed by atoms with Crippen molar-refractivity contribution in [2.24, 2.45) is 5.92 Å². The normalized spacial score (nSPS) is 31.4. The quantitative estimate of drug-likeness (QED) is 0.424. The maximum Gasteiger partial charge on any atom is 0.111 e. The van der Waals surface area contributed by atoms with Gasteiger partial charge in [-0.15, -0.1) is 6.58 Å². The summed E-state index contributed by atoms with van der Waals surface area (Å²) in [5.74, 6) is 0.198. The minimum atomic E-state index is -0.966. The molecule has 0 aromatic carbocycles. The van der Waals surface area contributed by atoms with Crippen molar-refractivity contribution in [3.63, 3.8) is 0 Å². The van der Waals surface area contributed by atoms with E-state index < -0.39 is 18.3 Å². The predicted octanol–water partition coefficient (Wildman–Crippen LogP) is 2.02. The van der Waals surface area contributed by atoms with E-state index in [9.17, 15) is 10.2 Å². The van der Waals surface area contributed by atoms with E-state index in [1.54, 1.807) is 0 Å². The van der Waals surface area contributed by atoms with Gasteiger partial charge in [0.15, 0.2) is 0 Å². The smallest absolute Gasteiger partial charge is 0.111 e. The third-order valence-corrected chi connectivity index (χ3v) is 4.21. The molecule has 0 saturated carbocycles. The Kier molecular flexibility index (Phi) is 8.38. The van der Waals surface area contributed by atoms with Crippen LogP contribution in [-0.2, 0) is 4.74 Å². The molecule has 0 aromatic heterocycles. The molecule has 1 aliphatic heterocycles. The average molecular weight is 286 g/mol. The molecule has 1 rings (SSSR count). The van der Waals surface area contributed by atoms with E-state index in [0.717, 1.165) is 19.3 Å². The summed E-state index contributed by atoms with van der Waals surface area (Å²) in [5.41, 5.74) is 0. The first-order valence-corrected chi connectivity index (χ1v) is 7.85. The minimum Gasteiger partial charge on any atom is -0.394 e. The summed E-state index contributed by atoms with van der Waals surface area (Å²) >= 11 is 0. The van der Waals surface area contributed by atoms with Crippen LogP contribution in [0.5, 0.6) is 0 Å². The molecular formula is C16H30O4. The van der Waals surface area contributed by atoms with E-state index in [4.69, 9.17) is 9.84 Å². The lowest BCUT2D eigenvalue weighted by molar-refractivity contribution is -0.0417. The third-order valence-electron chi connectivity index (χ3n) is 4.21. The number of aliphatic hydroxyl groups excluding tert-OH is 3. The lowest BCUT2D eigenvalue weighted by atomic mass is 9.92. The fourth-order valence-electron chi connectivity index (χ4n) is 2.85. The van der Waals surface area contributed by atoms with Gasteiger partial charge in [-0.2, -0.15) is 0 Å². The van der Waals surface area contributed by atoms with Crippen LogP contribution in [0.3, 0.4) is 0 Å². The summed E-state index contributed by atoms with van der Waals surface area (Å²) in [5, 5.41) is 28.7. The van der Waals surface area contributed by atoms with E-state index in [0.29, 0.717) is 0 Å².